The Morgan fingerprint density at radius 2 is 2.19 bits per heavy atom. The van der Waals surface area contributed by atoms with Crippen LogP contribution in [0.25, 0.3) is 0 Å². The Morgan fingerprint density at radius 3 is 2.81 bits per heavy atom. The number of aliphatic hydroxyl groups is 1. The van der Waals surface area contributed by atoms with Gasteiger partial charge in [-0.3, -0.25) is 0 Å². The summed E-state index contributed by atoms with van der Waals surface area (Å²) in [7, 11) is 0. The van der Waals surface area contributed by atoms with Crippen LogP contribution in [-0.4, -0.2) is 11.2 Å². The lowest BCUT2D eigenvalue weighted by atomic mass is 9.70. The number of nitrogens with zero attached hydrogens (tertiary/aromatic N) is 1. The third-order valence-corrected chi connectivity index (χ3v) is 3.42. The zero-order valence-corrected chi connectivity index (χ0v) is 9.57. The van der Waals surface area contributed by atoms with Crippen molar-refractivity contribution in [1.29, 1.82) is 5.26 Å². The Hall–Kier alpha value is -1.37. The highest BCUT2D eigenvalue weighted by molar-refractivity contribution is 5.42. The molecule has 0 saturated heterocycles. The first-order chi connectivity index (χ1) is 7.45. The summed E-state index contributed by atoms with van der Waals surface area (Å²) in [5.74, 6) is 0. The highest BCUT2D eigenvalue weighted by Crippen LogP contribution is 2.39. The van der Waals surface area contributed by atoms with E-state index in [0.717, 1.165) is 17.5 Å². The molecule has 3 heteroatoms. The van der Waals surface area contributed by atoms with E-state index in [2.05, 4.69) is 6.07 Å². The molecule has 3 N–H and O–H groups in total. The summed E-state index contributed by atoms with van der Waals surface area (Å²) in [5, 5.41) is 18.9. The highest BCUT2D eigenvalue weighted by Gasteiger charge is 2.39. The first kappa shape index (κ1) is 11.1. The maximum Gasteiger partial charge on any atom is 0.0991 e. The second-order valence-corrected chi connectivity index (χ2v) is 5.16. The molecule has 2 atom stereocenters. The van der Waals surface area contributed by atoms with Crippen LogP contribution in [-0.2, 0) is 6.42 Å². The maximum atomic E-state index is 10.1. The van der Waals surface area contributed by atoms with Crippen LogP contribution in [0.15, 0.2) is 18.2 Å². The van der Waals surface area contributed by atoms with E-state index in [4.69, 9.17) is 11.0 Å². The molecule has 3 nitrogen and oxygen atoms in total. The van der Waals surface area contributed by atoms with E-state index in [9.17, 15) is 5.11 Å². The third-order valence-electron chi connectivity index (χ3n) is 3.42. The van der Waals surface area contributed by atoms with Gasteiger partial charge in [0.05, 0.1) is 23.8 Å². The molecule has 0 unspecified atom stereocenters. The second-order valence-electron chi connectivity index (χ2n) is 5.16. The third kappa shape index (κ3) is 1.60. The van der Waals surface area contributed by atoms with Crippen molar-refractivity contribution in [1.82, 2.24) is 0 Å². The average Bonchev–Trinajstić information content (AvgIpc) is 2.25. The molecule has 16 heavy (non-hydrogen) atoms. The molecule has 0 bridgehead atoms. The Labute approximate surface area is 95.5 Å². The molecule has 1 aromatic carbocycles. The van der Waals surface area contributed by atoms with E-state index < -0.39 is 12.1 Å². The Balaban J connectivity index is 2.52. The monoisotopic (exact) mass is 216 g/mol. The number of benzene rings is 1. The molecule has 0 amide bonds. The number of rotatable bonds is 0. The van der Waals surface area contributed by atoms with Crippen LogP contribution < -0.4 is 5.73 Å². The predicted octanol–water partition coefficient (Wildman–Crippen LogP) is 1.50. The quantitative estimate of drug-likeness (QED) is 0.690. The molecule has 1 aliphatic carbocycles. The summed E-state index contributed by atoms with van der Waals surface area (Å²) in [5.41, 5.74) is 8.47. The van der Waals surface area contributed by atoms with E-state index in [1.165, 1.54) is 0 Å². The number of aliphatic hydroxyl groups excluding tert-OH is 1. The largest absolute Gasteiger partial charge is 0.391 e. The first-order valence-electron chi connectivity index (χ1n) is 5.42. The molecular formula is C13H16N2O. The zero-order chi connectivity index (χ0) is 11.9. The van der Waals surface area contributed by atoms with E-state index in [1.807, 2.05) is 19.9 Å². The van der Waals surface area contributed by atoms with Crippen molar-refractivity contribution in [3.63, 3.8) is 0 Å². The van der Waals surface area contributed by atoms with Crippen molar-refractivity contribution < 1.29 is 5.11 Å². The smallest absolute Gasteiger partial charge is 0.0991 e. The summed E-state index contributed by atoms with van der Waals surface area (Å²) in [4.78, 5) is 0. The van der Waals surface area contributed by atoms with E-state index in [1.54, 1.807) is 12.1 Å². The molecule has 0 fully saturated rings. The van der Waals surface area contributed by atoms with Gasteiger partial charge in [0.1, 0.15) is 0 Å². The van der Waals surface area contributed by atoms with Crippen LogP contribution in [0.1, 0.15) is 36.6 Å². The SMILES string of the molecule is CC1(C)Cc2ccc(C#N)cc2[C@@H](N)[C@@H]1O. The lowest BCUT2D eigenvalue weighted by Crippen LogP contribution is -2.44. The lowest BCUT2D eigenvalue weighted by Gasteiger charge is -2.40. The fourth-order valence-corrected chi connectivity index (χ4v) is 2.39. The van der Waals surface area contributed by atoms with Crippen LogP contribution in [0.3, 0.4) is 0 Å². The van der Waals surface area contributed by atoms with Crippen molar-refractivity contribution in [3.8, 4) is 6.07 Å². The van der Waals surface area contributed by atoms with Gasteiger partial charge in [0.2, 0.25) is 0 Å². The van der Waals surface area contributed by atoms with Gasteiger partial charge in [-0.2, -0.15) is 5.26 Å². The van der Waals surface area contributed by atoms with Crippen molar-refractivity contribution in [2.75, 3.05) is 0 Å². The molecule has 2 rings (SSSR count). The van der Waals surface area contributed by atoms with Gasteiger partial charge >= 0.3 is 0 Å². The molecule has 0 radical (unpaired) electrons. The van der Waals surface area contributed by atoms with Gasteiger partial charge in [0, 0.05) is 0 Å². The standard InChI is InChI=1S/C13H16N2O/c1-13(2)6-9-4-3-8(7-14)5-10(9)11(15)12(13)16/h3-5,11-12,16H,6,15H2,1-2H3/t11-,12+/m1/s1. The lowest BCUT2D eigenvalue weighted by molar-refractivity contribution is 0.0192. The van der Waals surface area contributed by atoms with Gasteiger partial charge in [0.15, 0.2) is 0 Å². The van der Waals surface area contributed by atoms with Gasteiger partial charge in [-0.15, -0.1) is 0 Å². The van der Waals surface area contributed by atoms with Crippen LogP contribution in [0.2, 0.25) is 0 Å². The van der Waals surface area contributed by atoms with Gasteiger partial charge in [-0.25, -0.2) is 0 Å². The van der Waals surface area contributed by atoms with Crippen molar-refractivity contribution in [3.05, 3.63) is 34.9 Å². The van der Waals surface area contributed by atoms with Crippen molar-refractivity contribution >= 4 is 0 Å². The topological polar surface area (TPSA) is 70.0 Å². The Kier molecular flexibility index (Phi) is 2.49. The Bertz CT molecular complexity index is 459. The Morgan fingerprint density at radius 1 is 1.50 bits per heavy atom. The molecule has 0 aromatic heterocycles. The van der Waals surface area contributed by atoms with E-state index in [-0.39, 0.29) is 5.41 Å². The summed E-state index contributed by atoms with van der Waals surface area (Å²) < 4.78 is 0. The van der Waals surface area contributed by atoms with Crippen molar-refractivity contribution in [2.24, 2.45) is 11.1 Å². The molecule has 0 saturated carbocycles. The maximum absolute atomic E-state index is 10.1. The number of nitriles is 1. The molecule has 0 aliphatic heterocycles. The molecule has 1 aliphatic rings. The van der Waals surface area contributed by atoms with Gasteiger partial charge in [0.25, 0.3) is 0 Å². The fourth-order valence-electron chi connectivity index (χ4n) is 2.39. The van der Waals surface area contributed by atoms with Crippen LogP contribution in [0.4, 0.5) is 0 Å². The highest BCUT2D eigenvalue weighted by atomic mass is 16.3. The minimum Gasteiger partial charge on any atom is -0.391 e. The number of hydrogen-bond donors (Lipinski definition) is 2. The average molecular weight is 216 g/mol. The van der Waals surface area contributed by atoms with Gasteiger partial charge in [-0.1, -0.05) is 19.9 Å². The minimum atomic E-state index is -0.561. The normalized spacial score (nSPS) is 26.9. The second kappa shape index (κ2) is 3.58. The predicted molar refractivity (Wildman–Crippen MR) is 61.6 cm³/mol. The molecule has 1 aromatic rings. The number of nitrogens with two attached hydrogens (primary N) is 1. The van der Waals surface area contributed by atoms with Crippen LogP contribution in [0.5, 0.6) is 0 Å². The zero-order valence-electron chi connectivity index (χ0n) is 9.57. The van der Waals surface area contributed by atoms with Gasteiger partial charge < -0.3 is 10.8 Å². The molecule has 84 valence electrons. The summed E-state index contributed by atoms with van der Waals surface area (Å²) in [6, 6.07) is 7.24. The summed E-state index contributed by atoms with van der Waals surface area (Å²) in [6.07, 6.45) is 0.233. The fraction of sp³-hybridized carbons (Fsp3) is 0.462. The van der Waals surface area contributed by atoms with E-state index >= 15 is 0 Å². The minimum absolute atomic E-state index is 0.208. The summed E-state index contributed by atoms with van der Waals surface area (Å²) >= 11 is 0. The van der Waals surface area contributed by atoms with Gasteiger partial charge in [-0.05, 0) is 35.1 Å². The number of hydrogen-bond acceptors (Lipinski definition) is 3. The summed E-state index contributed by atoms with van der Waals surface area (Å²) in [6.45, 7) is 4.03. The van der Waals surface area contributed by atoms with Crippen LogP contribution >= 0.6 is 0 Å². The number of fused-ring (bicyclic) bond motifs is 1. The van der Waals surface area contributed by atoms with E-state index in [0.29, 0.717) is 5.56 Å². The first-order valence-corrected chi connectivity index (χ1v) is 5.42. The van der Waals surface area contributed by atoms with Crippen LogP contribution in [0, 0.1) is 16.7 Å². The molecule has 0 heterocycles. The van der Waals surface area contributed by atoms with Crippen molar-refractivity contribution in [2.45, 2.75) is 32.4 Å². The molecule has 0 spiro atoms. The molecular weight excluding hydrogens is 200 g/mol.